The van der Waals surface area contributed by atoms with Crippen LogP contribution in [0.15, 0.2) is 24.3 Å². The van der Waals surface area contributed by atoms with Crippen LogP contribution in [-0.4, -0.2) is 68.3 Å². The zero-order chi connectivity index (χ0) is 24.3. The summed E-state index contributed by atoms with van der Waals surface area (Å²) in [6, 6.07) is 7.39. The van der Waals surface area contributed by atoms with E-state index < -0.39 is 17.7 Å². The van der Waals surface area contributed by atoms with Crippen LogP contribution in [0.2, 0.25) is 0 Å². The Morgan fingerprint density at radius 3 is 2.68 bits per heavy atom. The van der Waals surface area contributed by atoms with Gasteiger partial charge < -0.3 is 15.0 Å². The molecule has 2 N–H and O–H groups in total. The summed E-state index contributed by atoms with van der Waals surface area (Å²) in [4.78, 5) is 34.7. The first kappa shape index (κ1) is 24.0. The molecule has 0 unspecified atom stereocenters. The third kappa shape index (κ3) is 5.87. The van der Waals surface area contributed by atoms with Gasteiger partial charge in [0.2, 0.25) is 5.91 Å². The van der Waals surface area contributed by atoms with Crippen LogP contribution in [0.5, 0.6) is 0 Å². The topological polar surface area (TPSA) is 103 Å². The van der Waals surface area contributed by atoms with Crippen molar-refractivity contribution in [2.75, 3.05) is 25.0 Å². The minimum absolute atomic E-state index is 0.0246. The molecule has 2 atom stereocenters. The zero-order valence-corrected chi connectivity index (χ0v) is 20.6. The molecule has 0 aromatic carbocycles. The number of carbonyl (C=O) groups is 2. The highest BCUT2D eigenvalue weighted by Crippen LogP contribution is 2.29. The van der Waals surface area contributed by atoms with Crippen molar-refractivity contribution in [3.63, 3.8) is 0 Å². The maximum Gasteiger partial charge on any atom is 0.410 e. The molecule has 0 saturated carbocycles. The van der Waals surface area contributed by atoms with Crippen LogP contribution >= 0.6 is 0 Å². The summed E-state index contributed by atoms with van der Waals surface area (Å²) in [6.45, 7) is 9.38. The number of hydrogen-bond donors (Lipinski definition) is 2. The molecule has 4 heterocycles. The van der Waals surface area contributed by atoms with Crippen LogP contribution in [0.3, 0.4) is 0 Å². The number of aromatic amines is 1. The molecule has 0 spiro atoms. The van der Waals surface area contributed by atoms with Gasteiger partial charge in [0, 0.05) is 43.0 Å². The van der Waals surface area contributed by atoms with Crippen molar-refractivity contribution in [1.29, 1.82) is 0 Å². The first-order valence-electron chi connectivity index (χ1n) is 12.2. The molecule has 2 aromatic heterocycles. The standard InChI is InChI=1S/C25H36N6O3/c1-17-15-22(29-28-17)27-21-12-7-10-19(26-21)18-9-8-13-30(16-18)23(32)20-11-5-6-14-31(20)24(33)34-25(2,3)4/h7,10,12,15,18,20H,5-6,8-9,11,13-14,16H2,1-4H3,(H2,26,27,28,29)/t18-,20+/m0/s1. The second-order valence-corrected chi connectivity index (χ2v) is 10.3. The van der Waals surface area contributed by atoms with Crippen molar-refractivity contribution in [2.45, 2.75) is 77.4 Å². The van der Waals surface area contributed by atoms with Gasteiger partial charge >= 0.3 is 6.09 Å². The minimum Gasteiger partial charge on any atom is -0.444 e. The van der Waals surface area contributed by atoms with Gasteiger partial charge in [-0.2, -0.15) is 5.10 Å². The normalized spacial score (nSPS) is 21.3. The molecular formula is C25H36N6O3. The van der Waals surface area contributed by atoms with Crippen molar-refractivity contribution in [3.05, 3.63) is 35.7 Å². The summed E-state index contributed by atoms with van der Waals surface area (Å²) < 4.78 is 5.59. The van der Waals surface area contributed by atoms with Gasteiger partial charge in [0.1, 0.15) is 17.5 Å². The van der Waals surface area contributed by atoms with Gasteiger partial charge in [0.05, 0.1) is 0 Å². The Labute approximate surface area is 201 Å². The molecule has 2 amide bonds. The molecule has 4 rings (SSSR count). The molecule has 0 radical (unpaired) electrons. The SMILES string of the molecule is Cc1cc(Nc2cccc([C@H]3CCCN(C(=O)[C@H]4CCCCN4C(=O)OC(C)(C)C)C3)n2)n[nH]1. The Morgan fingerprint density at radius 2 is 1.94 bits per heavy atom. The fourth-order valence-electron chi connectivity index (χ4n) is 4.72. The lowest BCUT2D eigenvalue weighted by atomic mass is 9.92. The predicted octanol–water partition coefficient (Wildman–Crippen LogP) is 4.35. The van der Waals surface area contributed by atoms with Gasteiger partial charge in [-0.3, -0.25) is 14.8 Å². The Bertz CT molecular complexity index is 1010. The van der Waals surface area contributed by atoms with Crippen molar-refractivity contribution in [2.24, 2.45) is 0 Å². The van der Waals surface area contributed by atoms with Gasteiger partial charge in [-0.1, -0.05) is 6.07 Å². The van der Waals surface area contributed by atoms with Gasteiger partial charge in [-0.15, -0.1) is 0 Å². The molecule has 2 fully saturated rings. The highest BCUT2D eigenvalue weighted by molar-refractivity contribution is 5.86. The Balaban J connectivity index is 1.44. The second-order valence-electron chi connectivity index (χ2n) is 10.3. The van der Waals surface area contributed by atoms with Crippen LogP contribution in [0.4, 0.5) is 16.4 Å². The number of amides is 2. The third-order valence-corrected chi connectivity index (χ3v) is 6.30. The molecule has 2 aliphatic heterocycles. The van der Waals surface area contributed by atoms with Crippen molar-refractivity contribution >= 4 is 23.6 Å². The van der Waals surface area contributed by atoms with E-state index in [1.54, 1.807) is 4.90 Å². The molecule has 9 nitrogen and oxygen atoms in total. The van der Waals surface area contributed by atoms with E-state index in [0.717, 1.165) is 48.7 Å². The summed E-state index contributed by atoms with van der Waals surface area (Å²) >= 11 is 0. The Kier molecular flexibility index (Phi) is 7.09. The lowest BCUT2D eigenvalue weighted by molar-refractivity contribution is -0.139. The van der Waals surface area contributed by atoms with Crippen LogP contribution in [-0.2, 0) is 9.53 Å². The first-order valence-corrected chi connectivity index (χ1v) is 12.2. The van der Waals surface area contributed by atoms with Gasteiger partial charge in [0.15, 0.2) is 5.82 Å². The van der Waals surface area contributed by atoms with E-state index in [-0.39, 0.29) is 11.8 Å². The number of aromatic nitrogens is 3. The van der Waals surface area contributed by atoms with Crippen LogP contribution in [0.25, 0.3) is 0 Å². The maximum atomic E-state index is 13.6. The fraction of sp³-hybridized carbons (Fsp3) is 0.600. The molecule has 34 heavy (non-hydrogen) atoms. The molecule has 184 valence electrons. The van der Waals surface area contributed by atoms with E-state index in [1.165, 1.54) is 0 Å². The number of piperidine rings is 2. The summed E-state index contributed by atoms with van der Waals surface area (Å²) in [5.74, 6) is 1.63. The quantitative estimate of drug-likeness (QED) is 0.691. The smallest absolute Gasteiger partial charge is 0.410 e. The number of likely N-dealkylation sites (tertiary alicyclic amines) is 2. The number of aryl methyl sites for hydroxylation is 1. The van der Waals surface area contributed by atoms with Crippen molar-refractivity contribution < 1.29 is 14.3 Å². The molecule has 0 aliphatic carbocycles. The van der Waals surface area contributed by atoms with Crippen molar-refractivity contribution in [3.8, 4) is 0 Å². The third-order valence-electron chi connectivity index (χ3n) is 6.30. The Hall–Kier alpha value is -3.10. The molecule has 0 bridgehead atoms. The minimum atomic E-state index is -0.586. The Morgan fingerprint density at radius 1 is 1.12 bits per heavy atom. The molecule has 9 heteroatoms. The van der Waals surface area contributed by atoms with Crippen molar-refractivity contribution in [1.82, 2.24) is 25.0 Å². The molecule has 2 aromatic rings. The number of ether oxygens (including phenoxy) is 1. The summed E-state index contributed by atoms with van der Waals surface area (Å²) in [5, 5.41) is 10.4. The molecule has 2 saturated heterocycles. The number of rotatable bonds is 4. The highest BCUT2D eigenvalue weighted by Gasteiger charge is 2.38. The lowest BCUT2D eigenvalue weighted by Crippen LogP contribution is -2.55. The number of hydrogen-bond acceptors (Lipinski definition) is 6. The average Bonchev–Trinajstić information content (AvgIpc) is 3.22. The van der Waals surface area contributed by atoms with Gasteiger partial charge in [0.25, 0.3) is 0 Å². The number of nitrogens with one attached hydrogen (secondary N) is 2. The average molecular weight is 469 g/mol. The summed E-state index contributed by atoms with van der Waals surface area (Å²) in [6.07, 6.45) is 4.00. The van der Waals surface area contributed by atoms with E-state index in [9.17, 15) is 9.59 Å². The zero-order valence-electron chi connectivity index (χ0n) is 20.6. The van der Waals surface area contributed by atoms with E-state index in [4.69, 9.17) is 9.72 Å². The number of pyridine rings is 1. The van der Waals surface area contributed by atoms with Crippen LogP contribution in [0.1, 0.15) is 70.2 Å². The van der Waals surface area contributed by atoms with Crippen LogP contribution in [0, 0.1) is 6.92 Å². The van der Waals surface area contributed by atoms with E-state index >= 15 is 0 Å². The number of anilines is 2. The van der Waals surface area contributed by atoms with E-state index in [1.807, 2.05) is 56.9 Å². The second kappa shape index (κ2) is 10.0. The monoisotopic (exact) mass is 468 g/mol. The fourth-order valence-corrected chi connectivity index (χ4v) is 4.72. The number of nitrogens with zero attached hydrogens (tertiary/aromatic N) is 4. The largest absolute Gasteiger partial charge is 0.444 e. The summed E-state index contributed by atoms with van der Waals surface area (Å²) in [7, 11) is 0. The van der Waals surface area contributed by atoms with Gasteiger partial charge in [-0.25, -0.2) is 9.78 Å². The number of H-pyrrole nitrogens is 1. The molecule has 2 aliphatic rings. The van der Waals surface area contributed by atoms with E-state index in [2.05, 4.69) is 15.5 Å². The summed E-state index contributed by atoms with van der Waals surface area (Å²) in [5.41, 5.74) is 1.35. The maximum absolute atomic E-state index is 13.6. The highest BCUT2D eigenvalue weighted by atomic mass is 16.6. The van der Waals surface area contributed by atoms with E-state index in [0.29, 0.717) is 26.1 Å². The first-order chi connectivity index (χ1) is 16.2. The lowest BCUT2D eigenvalue weighted by Gasteiger charge is -2.40. The number of carbonyl (C=O) groups excluding carboxylic acids is 2. The molecular weight excluding hydrogens is 432 g/mol. The van der Waals surface area contributed by atoms with Crippen LogP contribution < -0.4 is 5.32 Å². The van der Waals surface area contributed by atoms with Gasteiger partial charge in [-0.05, 0) is 71.9 Å². The predicted molar refractivity (Wildman–Crippen MR) is 130 cm³/mol.